The molecule has 3 nitrogen and oxygen atoms in total. The van der Waals surface area contributed by atoms with E-state index in [4.69, 9.17) is 0 Å². The van der Waals surface area contributed by atoms with E-state index < -0.39 is 17.5 Å². The van der Waals surface area contributed by atoms with Gasteiger partial charge >= 0.3 is 5.92 Å². The van der Waals surface area contributed by atoms with Gasteiger partial charge in [-0.3, -0.25) is 9.78 Å². The van der Waals surface area contributed by atoms with Crippen LogP contribution in [0, 0.1) is 6.92 Å². The molecule has 0 aliphatic heterocycles. The van der Waals surface area contributed by atoms with Crippen molar-refractivity contribution in [2.75, 3.05) is 0 Å². The largest absolute Gasteiger partial charge is 0.366 e. The predicted octanol–water partition coefficient (Wildman–Crippen LogP) is 3.92. The van der Waals surface area contributed by atoms with Crippen LogP contribution < -0.4 is 5.32 Å². The van der Waals surface area contributed by atoms with Crippen LogP contribution in [0.5, 0.6) is 0 Å². The van der Waals surface area contributed by atoms with Crippen molar-refractivity contribution in [3.63, 3.8) is 0 Å². The third kappa shape index (κ3) is 3.96. The van der Waals surface area contributed by atoms with E-state index in [0.717, 1.165) is 24.0 Å². The Bertz CT molecular complexity index is 712. The fourth-order valence-corrected chi connectivity index (χ4v) is 2.53. The van der Waals surface area contributed by atoms with E-state index in [9.17, 15) is 13.6 Å². The van der Waals surface area contributed by atoms with E-state index in [0.29, 0.717) is 0 Å². The topological polar surface area (TPSA) is 42.0 Å². The molecule has 2 rings (SSSR count). The van der Waals surface area contributed by atoms with Crippen LogP contribution in [0.4, 0.5) is 8.78 Å². The molecule has 0 radical (unpaired) electrons. The van der Waals surface area contributed by atoms with E-state index in [1.54, 1.807) is 6.92 Å². The highest BCUT2D eigenvalue weighted by Crippen LogP contribution is 2.26. The molecule has 128 valence electrons. The Balaban J connectivity index is 2.08. The van der Waals surface area contributed by atoms with Crippen molar-refractivity contribution in [1.82, 2.24) is 10.3 Å². The van der Waals surface area contributed by atoms with E-state index in [1.807, 2.05) is 25.1 Å². The minimum atomic E-state index is -3.65. The van der Waals surface area contributed by atoms with E-state index in [-0.39, 0.29) is 6.54 Å². The average Bonchev–Trinajstić information content (AvgIpc) is 2.59. The molecule has 0 aliphatic rings. The van der Waals surface area contributed by atoms with Crippen LogP contribution >= 0.6 is 0 Å². The number of carbonyl (C=O) groups is 1. The molecule has 0 bridgehead atoms. The monoisotopic (exact) mass is 332 g/mol. The number of rotatable bonds is 6. The highest BCUT2D eigenvalue weighted by atomic mass is 19.3. The number of carbonyl (C=O) groups excluding carboxylic acids is 1. The van der Waals surface area contributed by atoms with Gasteiger partial charge in [0.1, 0.15) is 5.69 Å². The number of alkyl halides is 2. The summed E-state index contributed by atoms with van der Waals surface area (Å²) in [7, 11) is 0. The summed E-state index contributed by atoms with van der Waals surface area (Å²) < 4.78 is 28.3. The summed E-state index contributed by atoms with van der Waals surface area (Å²) in [4.78, 5) is 15.6. The molecule has 0 fully saturated rings. The minimum Gasteiger partial charge on any atom is -0.346 e. The second-order valence-corrected chi connectivity index (χ2v) is 5.79. The third-order valence-corrected chi connectivity index (χ3v) is 4.00. The number of halogens is 2. The maximum atomic E-state index is 14.2. The van der Waals surface area contributed by atoms with Crippen LogP contribution in [0.2, 0.25) is 0 Å². The Hall–Kier alpha value is -2.30. The molecule has 0 atom stereocenters. The predicted molar refractivity (Wildman–Crippen MR) is 89.9 cm³/mol. The van der Waals surface area contributed by atoms with Gasteiger partial charge in [0.2, 0.25) is 0 Å². The van der Waals surface area contributed by atoms with Gasteiger partial charge in [-0.1, -0.05) is 38.1 Å². The number of benzene rings is 1. The van der Waals surface area contributed by atoms with Crippen molar-refractivity contribution in [1.29, 1.82) is 0 Å². The van der Waals surface area contributed by atoms with Gasteiger partial charge in [0.15, 0.2) is 0 Å². The Morgan fingerprint density at radius 2 is 1.83 bits per heavy atom. The highest BCUT2D eigenvalue weighted by Gasteiger charge is 2.42. The fourth-order valence-electron chi connectivity index (χ4n) is 2.53. The van der Waals surface area contributed by atoms with Crippen molar-refractivity contribution in [3.8, 4) is 0 Å². The first-order valence-corrected chi connectivity index (χ1v) is 8.08. The zero-order valence-electron chi connectivity index (χ0n) is 14.2. The molecule has 1 amide bonds. The molecule has 0 aliphatic carbocycles. The maximum Gasteiger partial charge on any atom is 0.366 e. The molecule has 24 heavy (non-hydrogen) atoms. The fraction of sp³-hybridized carbons (Fsp3) is 0.368. The average molecular weight is 332 g/mol. The van der Waals surface area contributed by atoms with Crippen molar-refractivity contribution in [2.45, 2.75) is 46.1 Å². The van der Waals surface area contributed by atoms with Crippen molar-refractivity contribution < 1.29 is 13.6 Å². The summed E-state index contributed by atoms with van der Waals surface area (Å²) >= 11 is 0. The van der Waals surface area contributed by atoms with Crippen molar-refractivity contribution >= 4 is 5.91 Å². The number of nitrogens with one attached hydrogen (secondary N) is 1. The summed E-state index contributed by atoms with van der Waals surface area (Å²) in [5, 5.41) is 2.31. The lowest BCUT2D eigenvalue weighted by molar-refractivity contribution is -0.147. The van der Waals surface area contributed by atoms with E-state index >= 15 is 0 Å². The van der Waals surface area contributed by atoms with Crippen molar-refractivity contribution in [2.24, 2.45) is 0 Å². The molecule has 2 aromatic rings. The lowest BCUT2D eigenvalue weighted by Gasteiger charge is -2.16. The number of amides is 1. The lowest BCUT2D eigenvalue weighted by atomic mass is 10.00. The quantitative estimate of drug-likeness (QED) is 0.871. The van der Waals surface area contributed by atoms with Gasteiger partial charge in [0, 0.05) is 12.7 Å². The van der Waals surface area contributed by atoms with Gasteiger partial charge in [0.25, 0.3) is 5.91 Å². The Kier molecular flexibility index (Phi) is 5.65. The van der Waals surface area contributed by atoms with Gasteiger partial charge in [-0.05, 0) is 48.1 Å². The standard InChI is InChI=1S/C19H22F2N2O/c1-4-15-8-7-14(10-16(15)5-2)12-23-18(24)19(20,21)17-9-6-13(3)11-22-17/h6-11H,4-5,12H2,1-3H3,(H,23,24). The first kappa shape index (κ1) is 18.0. The smallest absolute Gasteiger partial charge is 0.346 e. The molecule has 1 aromatic carbocycles. The second-order valence-electron chi connectivity index (χ2n) is 5.79. The van der Waals surface area contributed by atoms with Gasteiger partial charge in [-0.2, -0.15) is 8.78 Å². The van der Waals surface area contributed by atoms with E-state index in [2.05, 4.69) is 17.2 Å². The SMILES string of the molecule is CCc1ccc(CNC(=O)C(F)(F)c2ccc(C)cn2)cc1CC. The molecule has 1 N–H and O–H groups in total. The summed E-state index contributed by atoms with van der Waals surface area (Å²) in [5.74, 6) is -4.98. The number of pyridine rings is 1. The molecule has 0 saturated carbocycles. The molecule has 0 spiro atoms. The first-order chi connectivity index (χ1) is 11.4. The molecular weight excluding hydrogens is 310 g/mol. The summed E-state index contributed by atoms with van der Waals surface area (Å²) in [6.07, 6.45) is 3.12. The number of aromatic nitrogens is 1. The zero-order valence-corrected chi connectivity index (χ0v) is 14.2. The van der Waals surface area contributed by atoms with Gasteiger partial charge < -0.3 is 5.32 Å². The maximum absolute atomic E-state index is 14.2. The molecule has 1 heterocycles. The summed E-state index contributed by atoms with van der Waals surface area (Å²) in [6.45, 7) is 5.94. The Labute approximate surface area is 141 Å². The number of nitrogens with zero attached hydrogens (tertiary/aromatic N) is 1. The van der Waals surface area contributed by atoms with E-state index in [1.165, 1.54) is 29.5 Å². The molecule has 5 heteroatoms. The summed E-state index contributed by atoms with van der Waals surface area (Å²) in [5.41, 5.74) is 3.45. The lowest BCUT2D eigenvalue weighted by Crippen LogP contribution is -2.38. The summed E-state index contributed by atoms with van der Waals surface area (Å²) in [6, 6.07) is 8.50. The van der Waals surface area contributed by atoms with Gasteiger partial charge in [-0.25, -0.2) is 0 Å². The van der Waals surface area contributed by atoms with Crippen LogP contribution in [0.25, 0.3) is 0 Å². The number of aryl methyl sites for hydroxylation is 3. The normalized spacial score (nSPS) is 11.4. The van der Waals surface area contributed by atoms with Crippen LogP contribution in [0.15, 0.2) is 36.5 Å². The van der Waals surface area contributed by atoms with Crippen LogP contribution in [-0.4, -0.2) is 10.9 Å². The van der Waals surface area contributed by atoms with Crippen LogP contribution in [0.1, 0.15) is 41.8 Å². The Morgan fingerprint density at radius 1 is 1.12 bits per heavy atom. The third-order valence-electron chi connectivity index (χ3n) is 4.00. The van der Waals surface area contributed by atoms with Crippen LogP contribution in [0.3, 0.4) is 0 Å². The second kappa shape index (κ2) is 7.51. The van der Waals surface area contributed by atoms with Crippen LogP contribution in [-0.2, 0) is 30.1 Å². The van der Waals surface area contributed by atoms with Gasteiger partial charge in [0.05, 0.1) is 0 Å². The van der Waals surface area contributed by atoms with Gasteiger partial charge in [-0.15, -0.1) is 0 Å². The number of hydrogen-bond acceptors (Lipinski definition) is 2. The minimum absolute atomic E-state index is 0.0667. The first-order valence-electron chi connectivity index (χ1n) is 8.08. The van der Waals surface area contributed by atoms with Crippen molar-refractivity contribution in [3.05, 3.63) is 64.5 Å². The molecule has 1 aromatic heterocycles. The highest BCUT2D eigenvalue weighted by molar-refractivity contribution is 5.84. The molecular formula is C19H22F2N2O. The molecule has 0 saturated heterocycles. The molecule has 0 unspecified atom stereocenters. The number of hydrogen-bond donors (Lipinski definition) is 1. The zero-order chi connectivity index (χ0) is 17.7. The Morgan fingerprint density at radius 3 is 2.42 bits per heavy atom.